The summed E-state index contributed by atoms with van der Waals surface area (Å²) in [7, 11) is 1.50. The van der Waals surface area contributed by atoms with E-state index in [0.29, 0.717) is 12.2 Å². The second-order valence-electron chi connectivity index (χ2n) is 6.44. The van der Waals surface area contributed by atoms with Crippen molar-refractivity contribution in [2.75, 3.05) is 23.4 Å². The predicted molar refractivity (Wildman–Crippen MR) is 101 cm³/mol. The Morgan fingerprint density at radius 3 is 2.89 bits per heavy atom. The number of morpholine rings is 1. The molecule has 0 bridgehead atoms. The average Bonchev–Trinajstić information content (AvgIpc) is 2.64. The Labute approximate surface area is 164 Å². The van der Waals surface area contributed by atoms with Crippen molar-refractivity contribution in [3.05, 3.63) is 51.3 Å². The fraction of sp³-hybridized carbons (Fsp3) is 0.389. The largest absolute Gasteiger partial charge is 0.346 e. The van der Waals surface area contributed by atoms with Crippen molar-refractivity contribution in [2.24, 2.45) is 7.05 Å². The number of alkyl halides is 1. The van der Waals surface area contributed by atoms with Crippen molar-refractivity contribution in [2.45, 2.75) is 25.7 Å². The Kier molecular flexibility index (Phi) is 5.95. The van der Waals surface area contributed by atoms with Crippen LogP contribution in [-0.2, 0) is 23.0 Å². The molecule has 1 aliphatic rings. The maximum absolute atomic E-state index is 13.8. The van der Waals surface area contributed by atoms with E-state index in [2.05, 4.69) is 10.3 Å². The van der Waals surface area contributed by atoms with Gasteiger partial charge in [0.15, 0.2) is 0 Å². The molecule has 1 aromatic carbocycles. The molecule has 1 N–H and O–H groups in total. The molecule has 1 aliphatic heterocycles. The minimum atomic E-state index is -1.49. The molecule has 0 radical (unpaired) electrons. The molecule has 0 spiro atoms. The van der Waals surface area contributed by atoms with Gasteiger partial charge in [0.2, 0.25) is 12.3 Å². The summed E-state index contributed by atoms with van der Waals surface area (Å²) in [5.74, 6) is -0.556. The minimum absolute atomic E-state index is 0.118. The smallest absolute Gasteiger partial charge is 0.255 e. The summed E-state index contributed by atoms with van der Waals surface area (Å²) in [6.07, 6.45) is -1.69. The van der Waals surface area contributed by atoms with Crippen LogP contribution in [0.1, 0.15) is 12.7 Å². The number of rotatable bonds is 4. The van der Waals surface area contributed by atoms with Crippen LogP contribution in [0.3, 0.4) is 0 Å². The predicted octanol–water partition coefficient (Wildman–Crippen LogP) is 2.27. The molecule has 10 heteroatoms. The van der Waals surface area contributed by atoms with Gasteiger partial charge in [-0.15, -0.1) is 0 Å². The number of amides is 1. The van der Waals surface area contributed by atoms with Crippen LogP contribution in [0.5, 0.6) is 0 Å². The number of anilines is 2. The fourth-order valence-electron chi connectivity index (χ4n) is 2.87. The van der Waals surface area contributed by atoms with Crippen molar-refractivity contribution in [1.29, 1.82) is 0 Å². The van der Waals surface area contributed by atoms with Gasteiger partial charge < -0.3 is 15.0 Å². The van der Waals surface area contributed by atoms with E-state index in [0.717, 1.165) is 6.07 Å². The number of benzene rings is 1. The first kappa shape index (κ1) is 20.2. The van der Waals surface area contributed by atoms with Crippen LogP contribution in [0.25, 0.3) is 0 Å². The second-order valence-corrected chi connectivity index (χ2v) is 6.84. The summed E-state index contributed by atoms with van der Waals surface area (Å²) in [5, 5.41) is 2.46. The molecule has 3 rings (SSSR count). The Balaban J connectivity index is 1.81. The van der Waals surface area contributed by atoms with Gasteiger partial charge in [0, 0.05) is 25.3 Å². The number of halogens is 3. The van der Waals surface area contributed by atoms with Gasteiger partial charge in [0.25, 0.3) is 5.56 Å². The summed E-state index contributed by atoms with van der Waals surface area (Å²) >= 11 is 5.71. The summed E-state index contributed by atoms with van der Waals surface area (Å²) in [6, 6.07) is 4.49. The highest BCUT2D eigenvalue weighted by molar-refractivity contribution is 6.31. The van der Waals surface area contributed by atoms with Crippen LogP contribution >= 0.6 is 11.6 Å². The van der Waals surface area contributed by atoms with Crippen molar-refractivity contribution >= 4 is 29.0 Å². The third-order valence-electron chi connectivity index (χ3n) is 4.51. The molecule has 7 nitrogen and oxygen atoms in total. The zero-order chi connectivity index (χ0) is 20.4. The highest BCUT2D eigenvalue weighted by atomic mass is 35.5. The molecule has 0 aliphatic carbocycles. The lowest BCUT2D eigenvalue weighted by molar-refractivity contribution is -0.115. The second kappa shape index (κ2) is 8.24. The van der Waals surface area contributed by atoms with Gasteiger partial charge in [-0.3, -0.25) is 14.2 Å². The van der Waals surface area contributed by atoms with Crippen molar-refractivity contribution in [3.8, 4) is 0 Å². The van der Waals surface area contributed by atoms with Crippen LogP contribution in [0, 0.1) is 5.82 Å². The molecular formula is C18H19ClF2N4O3. The minimum Gasteiger partial charge on any atom is -0.346 e. The molecule has 0 saturated carbocycles. The number of aromatic nitrogens is 2. The molecule has 2 aromatic rings. The average molecular weight is 413 g/mol. The van der Waals surface area contributed by atoms with Gasteiger partial charge in [-0.1, -0.05) is 11.6 Å². The normalized spacial score (nSPS) is 19.5. The Bertz CT molecular complexity index is 953. The first-order chi connectivity index (χ1) is 13.3. The van der Waals surface area contributed by atoms with Gasteiger partial charge in [0.05, 0.1) is 24.1 Å². The van der Waals surface area contributed by atoms with Gasteiger partial charge >= 0.3 is 0 Å². The van der Waals surface area contributed by atoms with E-state index in [1.807, 2.05) is 0 Å². The number of nitrogens with one attached hydrogen (secondary N) is 1. The van der Waals surface area contributed by atoms with Crippen molar-refractivity contribution < 1.29 is 18.3 Å². The summed E-state index contributed by atoms with van der Waals surface area (Å²) in [5.41, 5.74) is -0.0497. The zero-order valence-electron chi connectivity index (χ0n) is 15.3. The van der Waals surface area contributed by atoms with E-state index in [4.69, 9.17) is 16.3 Å². The highest BCUT2D eigenvalue weighted by Crippen LogP contribution is 2.22. The molecular weight excluding hydrogens is 394 g/mol. The number of carbonyl (C=O) groups is 1. The summed E-state index contributed by atoms with van der Waals surface area (Å²) < 4.78 is 33.3. The fourth-order valence-corrected chi connectivity index (χ4v) is 3.05. The standard InChI is InChI=1S/C18H19ClF2N4O3/c1-10-18(21)28-6-5-25(10)15-9-17(27)24(2)14(23-15)8-16(26)22-11-3-4-13(20)12(19)7-11/h3-4,7,9-10,18H,5-6,8H2,1-2H3,(H,22,26). The Morgan fingerprint density at radius 1 is 1.43 bits per heavy atom. The number of ether oxygens (including phenoxy) is 1. The van der Waals surface area contributed by atoms with E-state index < -0.39 is 24.1 Å². The number of carbonyl (C=O) groups excluding carboxylic acids is 1. The molecule has 1 aromatic heterocycles. The first-order valence-corrected chi connectivity index (χ1v) is 8.98. The lowest BCUT2D eigenvalue weighted by Gasteiger charge is -2.36. The first-order valence-electron chi connectivity index (χ1n) is 8.60. The van der Waals surface area contributed by atoms with Crippen LogP contribution in [0.15, 0.2) is 29.1 Å². The van der Waals surface area contributed by atoms with Gasteiger partial charge in [-0.2, -0.15) is 0 Å². The van der Waals surface area contributed by atoms with Crippen molar-refractivity contribution in [1.82, 2.24) is 9.55 Å². The highest BCUT2D eigenvalue weighted by Gasteiger charge is 2.30. The zero-order valence-corrected chi connectivity index (χ0v) is 16.0. The number of hydrogen-bond acceptors (Lipinski definition) is 5. The lowest BCUT2D eigenvalue weighted by atomic mass is 10.2. The molecule has 2 unspecified atom stereocenters. The van der Waals surface area contributed by atoms with Crippen LogP contribution in [-0.4, -0.2) is 41.0 Å². The monoisotopic (exact) mass is 412 g/mol. The molecule has 2 atom stereocenters. The SMILES string of the molecule is CC1C(F)OCCN1c1cc(=O)n(C)c(CC(=O)Nc2ccc(F)c(Cl)c2)n1. The van der Waals surface area contributed by atoms with Gasteiger partial charge in [-0.05, 0) is 25.1 Å². The van der Waals surface area contributed by atoms with Gasteiger partial charge in [-0.25, -0.2) is 13.8 Å². The summed E-state index contributed by atoms with van der Waals surface area (Å²) in [6.45, 7) is 2.18. The van der Waals surface area contributed by atoms with Crippen LogP contribution in [0.4, 0.5) is 20.3 Å². The molecule has 2 heterocycles. The third-order valence-corrected chi connectivity index (χ3v) is 4.80. The molecule has 1 fully saturated rings. The van der Waals surface area contributed by atoms with Gasteiger partial charge in [0.1, 0.15) is 17.5 Å². The maximum Gasteiger partial charge on any atom is 0.255 e. The van der Waals surface area contributed by atoms with Crippen LogP contribution < -0.4 is 15.8 Å². The van der Waals surface area contributed by atoms with E-state index >= 15 is 0 Å². The van der Waals surface area contributed by atoms with E-state index in [1.165, 1.54) is 29.8 Å². The Hall–Kier alpha value is -2.52. The molecule has 28 heavy (non-hydrogen) atoms. The lowest BCUT2D eigenvalue weighted by Crippen LogP contribution is -2.49. The van der Waals surface area contributed by atoms with E-state index in [9.17, 15) is 18.4 Å². The maximum atomic E-state index is 13.8. The number of hydrogen-bond donors (Lipinski definition) is 1. The van der Waals surface area contributed by atoms with Crippen molar-refractivity contribution in [3.63, 3.8) is 0 Å². The van der Waals surface area contributed by atoms with E-state index in [-0.39, 0.29) is 35.3 Å². The van der Waals surface area contributed by atoms with E-state index in [1.54, 1.807) is 11.8 Å². The molecule has 1 amide bonds. The Morgan fingerprint density at radius 2 is 2.18 bits per heavy atom. The quantitative estimate of drug-likeness (QED) is 0.833. The third kappa shape index (κ3) is 4.31. The van der Waals surface area contributed by atoms with Crippen LogP contribution in [0.2, 0.25) is 5.02 Å². The summed E-state index contributed by atoms with van der Waals surface area (Å²) in [4.78, 5) is 30.7. The molecule has 1 saturated heterocycles. The topological polar surface area (TPSA) is 76.5 Å². The molecule has 150 valence electrons. The number of nitrogens with zero attached hydrogens (tertiary/aromatic N) is 3.